The van der Waals surface area contributed by atoms with Crippen molar-refractivity contribution in [1.29, 1.82) is 0 Å². The zero-order valence-corrected chi connectivity index (χ0v) is 19.3. The van der Waals surface area contributed by atoms with Crippen molar-refractivity contribution in [3.63, 3.8) is 0 Å². The van der Waals surface area contributed by atoms with E-state index in [0.717, 1.165) is 5.56 Å². The number of carbonyl (C=O) groups is 2. The quantitative estimate of drug-likeness (QED) is 0.610. The number of hydrogen-bond acceptors (Lipinski definition) is 6. The van der Waals surface area contributed by atoms with Crippen LogP contribution >= 0.6 is 0 Å². The summed E-state index contributed by atoms with van der Waals surface area (Å²) in [5.74, 6) is -1.12. The molecule has 2 atom stereocenters. The van der Waals surface area contributed by atoms with Crippen LogP contribution in [0.25, 0.3) is 0 Å². The van der Waals surface area contributed by atoms with Gasteiger partial charge in [-0.3, -0.25) is 9.59 Å². The average molecular weight is 472 g/mol. The van der Waals surface area contributed by atoms with Gasteiger partial charge in [0.15, 0.2) is 9.84 Å². The van der Waals surface area contributed by atoms with Crippen LogP contribution in [-0.2, 0) is 29.4 Å². The molecule has 2 amide bonds. The second-order valence-corrected chi connectivity index (χ2v) is 12.5. The van der Waals surface area contributed by atoms with Crippen molar-refractivity contribution in [1.82, 2.24) is 14.9 Å². The summed E-state index contributed by atoms with van der Waals surface area (Å²) in [6.45, 7) is 3.90. The van der Waals surface area contributed by atoms with Crippen LogP contribution in [0.15, 0.2) is 29.2 Å². The lowest BCUT2D eigenvalue weighted by molar-refractivity contribution is -0.131. The number of aryl methyl sites for hydroxylation is 1. The standard InChI is InChI=1S/C20H29N3O6S2/c1-14-3-5-18(6-4-14)31(28,29)23-10-7-16(8-11-23)20(25)21-15(2)19(24)22-17-9-12-30(26,27)13-17/h3-6,15-17H,7-13H2,1-2H3,(H,21,25)(H,22,24)/t15-,17-/m1/s1. The second kappa shape index (κ2) is 9.25. The average Bonchev–Trinajstić information content (AvgIpc) is 3.06. The first-order valence-electron chi connectivity index (χ1n) is 10.4. The van der Waals surface area contributed by atoms with E-state index < -0.39 is 37.9 Å². The van der Waals surface area contributed by atoms with E-state index in [1.807, 2.05) is 6.92 Å². The van der Waals surface area contributed by atoms with Crippen molar-refractivity contribution >= 4 is 31.7 Å². The van der Waals surface area contributed by atoms with E-state index >= 15 is 0 Å². The Labute approximate surface area is 183 Å². The Morgan fingerprint density at radius 1 is 1.10 bits per heavy atom. The van der Waals surface area contributed by atoms with Gasteiger partial charge in [-0.15, -0.1) is 0 Å². The SMILES string of the molecule is Cc1ccc(S(=O)(=O)N2CCC(C(=O)N[C@H](C)C(=O)N[C@@H]3CCS(=O)(=O)C3)CC2)cc1. The van der Waals surface area contributed by atoms with Gasteiger partial charge in [0.05, 0.1) is 16.4 Å². The maximum absolute atomic E-state index is 12.8. The molecule has 2 aliphatic heterocycles. The van der Waals surface area contributed by atoms with Crippen LogP contribution in [0.2, 0.25) is 0 Å². The summed E-state index contributed by atoms with van der Waals surface area (Å²) in [6, 6.07) is 5.44. The van der Waals surface area contributed by atoms with Gasteiger partial charge in [0.1, 0.15) is 6.04 Å². The molecule has 1 aromatic rings. The van der Waals surface area contributed by atoms with Crippen LogP contribution in [0.5, 0.6) is 0 Å². The number of nitrogens with one attached hydrogen (secondary N) is 2. The first-order chi connectivity index (χ1) is 14.5. The Morgan fingerprint density at radius 2 is 1.71 bits per heavy atom. The summed E-state index contributed by atoms with van der Waals surface area (Å²) in [4.78, 5) is 25.1. The molecule has 11 heteroatoms. The normalized spacial score (nSPS) is 23.2. The van der Waals surface area contributed by atoms with E-state index in [0.29, 0.717) is 19.3 Å². The molecule has 31 heavy (non-hydrogen) atoms. The predicted molar refractivity (Wildman–Crippen MR) is 115 cm³/mol. The molecule has 3 rings (SSSR count). The highest BCUT2D eigenvalue weighted by atomic mass is 32.2. The molecule has 1 aromatic carbocycles. The summed E-state index contributed by atoms with van der Waals surface area (Å²) in [5, 5.41) is 5.34. The molecule has 0 aromatic heterocycles. The highest BCUT2D eigenvalue weighted by molar-refractivity contribution is 7.91. The molecule has 0 unspecified atom stereocenters. The Balaban J connectivity index is 1.49. The fourth-order valence-corrected chi connectivity index (χ4v) is 6.99. The van der Waals surface area contributed by atoms with E-state index in [1.54, 1.807) is 31.2 Å². The van der Waals surface area contributed by atoms with Crippen molar-refractivity contribution in [2.75, 3.05) is 24.6 Å². The maximum Gasteiger partial charge on any atom is 0.243 e. The largest absolute Gasteiger partial charge is 0.351 e. The lowest BCUT2D eigenvalue weighted by Crippen LogP contribution is -2.51. The van der Waals surface area contributed by atoms with E-state index in [2.05, 4.69) is 10.6 Å². The minimum absolute atomic E-state index is 0.0583. The Kier molecular flexibility index (Phi) is 7.07. The minimum atomic E-state index is -3.60. The molecule has 2 aliphatic rings. The summed E-state index contributed by atoms with van der Waals surface area (Å²) in [7, 11) is -6.70. The number of hydrogen-bond donors (Lipinski definition) is 2. The first kappa shape index (κ1) is 23.7. The van der Waals surface area contributed by atoms with Crippen molar-refractivity contribution in [3.8, 4) is 0 Å². The zero-order valence-electron chi connectivity index (χ0n) is 17.7. The number of benzene rings is 1. The van der Waals surface area contributed by atoms with Gasteiger partial charge in [-0.1, -0.05) is 17.7 Å². The summed E-state index contributed by atoms with van der Waals surface area (Å²) < 4.78 is 50.0. The summed E-state index contributed by atoms with van der Waals surface area (Å²) in [6.07, 6.45) is 1.11. The predicted octanol–water partition coefficient (Wildman–Crippen LogP) is 0.204. The fourth-order valence-electron chi connectivity index (χ4n) is 3.85. The van der Waals surface area contributed by atoms with E-state index in [-0.39, 0.29) is 41.3 Å². The molecular formula is C20H29N3O6S2. The summed E-state index contributed by atoms with van der Waals surface area (Å²) >= 11 is 0. The number of rotatable bonds is 6. The number of nitrogens with zero attached hydrogens (tertiary/aromatic N) is 1. The molecule has 2 saturated heterocycles. The van der Waals surface area contributed by atoms with Crippen LogP contribution in [0.1, 0.15) is 31.7 Å². The molecule has 172 valence electrons. The van der Waals surface area contributed by atoms with Gasteiger partial charge in [0.25, 0.3) is 0 Å². The highest BCUT2D eigenvalue weighted by Gasteiger charge is 2.34. The third kappa shape index (κ3) is 5.83. The van der Waals surface area contributed by atoms with Gasteiger partial charge < -0.3 is 10.6 Å². The van der Waals surface area contributed by atoms with Crippen LogP contribution in [0, 0.1) is 12.8 Å². The minimum Gasteiger partial charge on any atom is -0.351 e. The van der Waals surface area contributed by atoms with Crippen molar-refractivity contribution in [3.05, 3.63) is 29.8 Å². The van der Waals surface area contributed by atoms with Crippen LogP contribution < -0.4 is 10.6 Å². The summed E-state index contributed by atoms with van der Waals surface area (Å²) in [5.41, 5.74) is 0.974. The van der Waals surface area contributed by atoms with E-state index in [4.69, 9.17) is 0 Å². The first-order valence-corrected chi connectivity index (χ1v) is 13.6. The molecule has 2 heterocycles. The molecule has 0 bridgehead atoms. The van der Waals surface area contributed by atoms with Gasteiger partial charge in [0.2, 0.25) is 21.8 Å². The molecule has 0 spiro atoms. The van der Waals surface area contributed by atoms with Gasteiger partial charge >= 0.3 is 0 Å². The highest BCUT2D eigenvalue weighted by Crippen LogP contribution is 2.24. The fraction of sp³-hybridized carbons (Fsp3) is 0.600. The van der Waals surface area contributed by atoms with Crippen molar-refractivity contribution in [2.45, 2.75) is 50.1 Å². The van der Waals surface area contributed by atoms with Crippen LogP contribution in [-0.4, -0.2) is 69.6 Å². The van der Waals surface area contributed by atoms with Gasteiger partial charge in [0, 0.05) is 25.0 Å². The Morgan fingerprint density at radius 3 is 2.26 bits per heavy atom. The van der Waals surface area contributed by atoms with E-state index in [9.17, 15) is 26.4 Å². The smallest absolute Gasteiger partial charge is 0.243 e. The Hall–Kier alpha value is -1.98. The lowest BCUT2D eigenvalue weighted by atomic mass is 9.97. The number of sulfonamides is 1. The molecular weight excluding hydrogens is 442 g/mol. The monoisotopic (exact) mass is 471 g/mol. The van der Waals surface area contributed by atoms with Gasteiger partial charge in [-0.2, -0.15) is 4.31 Å². The molecule has 2 fully saturated rings. The zero-order chi connectivity index (χ0) is 22.8. The third-order valence-corrected chi connectivity index (χ3v) is 9.50. The van der Waals surface area contributed by atoms with E-state index in [1.165, 1.54) is 4.31 Å². The number of piperidine rings is 1. The number of amides is 2. The lowest BCUT2D eigenvalue weighted by Gasteiger charge is -2.31. The second-order valence-electron chi connectivity index (χ2n) is 8.33. The molecule has 0 aliphatic carbocycles. The number of carbonyl (C=O) groups excluding carboxylic acids is 2. The third-order valence-electron chi connectivity index (χ3n) is 5.81. The van der Waals surface area contributed by atoms with Crippen molar-refractivity contribution < 1.29 is 26.4 Å². The van der Waals surface area contributed by atoms with Crippen LogP contribution in [0.3, 0.4) is 0 Å². The topological polar surface area (TPSA) is 130 Å². The Bertz CT molecular complexity index is 1030. The van der Waals surface area contributed by atoms with Crippen molar-refractivity contribution in [2.24, 2.45) is 5.92 Å². The van der Waals surface area contributed by atoms with Gasteiger partial charge in [-0.25, -0.2) is 16.8 Å². The molecule has 0 saturated carbocycles. The molecule has 9 nitrogen and oxygen atoms in total. The maximum atomic E-state index is 12.8. The number of sulfone groups is 1. The van der Waals surface area contributed by atoms with Crippen LogP contribution in [0.4, 0.5) is 0 Å². The molecule has 0 radical (unpaired) electrons. The van der Waals surface area contributed by atoms with Gasteiger partial charge in [-0.05, 0) is 45.2 Å². The molecule has 2 N–H and O–H groups in total.